The average Bonchev–Trinajstić information content (AvgIpc) is 2.90. The molecule has 0 fully saturated rings. The Bertz CT molecular complexity index is 546. The van der Waals surface area contributed by atoms with Crippen LogP contribution in [-0.4, -0.2) is 10.9 Å². The zero-order valence-corrected chi connectivity index (χ0v) is 11.3. The molecule has 1 aliphatic rings. The second kappa shape index (κ2) is 5.41. The quantitative estimate of drug-likeness (QED) is 0.791. The molecule has 1 heteroatoms. The Hall–Kier alpha value is -1.86. The lowest BCUT2D eigenvalue weighted by Crippen LogP contribution is -2.25. The van der Waals surface area contributed by atoms with Gasteiger partial charge in [0.15, 0.2) is 0 Å². The first-order valence-corrected chi connectivity index (χ1v) is 6.87. The molecule has 1 aliphatic heterocycles. The smallest absolute Gasteiger partial charge is 0.0260 e. The van der Waals surface area contributed by atoms with Crippen LogP contribution in [0.15, 0.2) is 60.7 Å². The first-order valence-electron chi connectivity index (χ1n) is 6.87. The maximum Gasteiger partial charge on any atom is 0.0260 e. The summed E-state index contributed by atoms with van der Waals surface area (Å²) in [6.45, 7) is 4.40. The molecule has 0 N–H and O–H groups in total. The van der Waals surface area contributed by atoms with Crippen molar-refractivity contribution in [1.29, 1.82) is 0 Å². The molecule has 96 valence electrons. The van der Waals surface area contributed by atoms with E-state index in [2.05, 4.69) is 78.6 Å². The third kappa shape index (κ3) is 2.77. The minimum atomic E-state index is 0.465. The van der Waals surface area contributed by atoms with E-state index in [1.165, 1.54) is 16.7 Å². The van der Waals surface area contributed by atoms with Crippen molar-refractivity contribution < 1.29 is 0 Å². The molecule has 0 amide bonds. The molecule has 1 heterocycles. The van der Waals surface area contributed by atoms with E-state index in [1.54, 1.807) is 0 Å². The number of hydrogen-bond donors (Lipinski definition) is 0. The summed E-state index contributed by atoms with van der Waals surface area (Å²) in [5.41, 5.74) is 4.22. The number of hydrogen-bond acceptors (Lipinski definition) is 1. The fourth-order valence-corrected chi connectivity index (χ4v) is 2.58. The second-order valence-corrected chi connectivity index (χ2v) is 5.18. The van der Waals surface area contributed by atoms with Gasteiger partial charge in [0.25, 0.3) is 0 Å². The van der Waals surface area contributed by atoms with Crippen molar-refractivity contribution in [2.24, 2.45) is 0 Å². The van der Waals surface area contributed by atoms with Crippen LogP contribution in [0.1, 0.15) is 23.6 Å². The summed E-state index contributed by atoms with van der Waals surface area (Å²) in [4.78, 5) is 2.50. The molecule has 0 aliphatic carbocycles. The summed E-state index contributed by atoms with van der Waals surface area (Å²) in [5, 5.41) is 0. The summed E-state index contributed by atoms with van der Waals surface area (Å²) >= 11 is 0. The normalized spacial score (nSPS) is 16.7. The molecule has 2 aromatic carbocycles. The van der Waals surface area contributed by atoms with Crippen LogP contribution in [0.2, 0.25) is 0 Å². The van der Waals surface area contributed by atoms with Gasteiger partial charge in [0.05, 0.1) is 0 Å². The van der Waals surface area contributed by atoms with Gasteiger partial charge in [0.2, 0.25) is 0 Å². The molecular weight excluding hydrogens is 230 g/mol. The monoisotopic (exact) mass is 249 g/mol. The molecule has 1 unspecified atom stereocenters. The van der Waals surface area contributed by atoms with Crippen molar-refractivity contribution in [2.75, 3.05) is 0 Å². The molecule has 0 radical (unpaired) electrons. The summed E-state index contributed by atoms with van der Waals surface area (Å²) in [6, 6.07) is 19.7. The topological polar surface area (TPSA) is 3.24 Å². The van der Waals surface area contributed by atoms with Gasteiger partial charge in [-0.2, -0.15) is 0 Å². The highest BCUT2D eigenvalue weighted by atomic mass is 15.2. The maximum atomic E-state index is 2.50. The number of rotatable bonds is 3. The van der Waals surface area contributed by atoms with Gasteiger partial charge < -0.3 is 0 Å². The van der Waals surface area contributed by atoms with Crippen molar-refractivity contribution >= 4 is 6.08 Å². The van der Waals surface area contributed by atoms with E-state index in [1.807, 2.05) is 0 Å². The number of nitrogens with zero attached hydrogens (tertiary/aromatic N) is 1. The standard InChI is InChI=1S/C18H19N/c1-15(11-12-16-7-3-2-4-8-16)19-13-17-9-5-6-10-18(17)14-19/h2-12,15H,13-14H2,1H3. The fourth-order valence-electron chi connectivity index (χ4n) is 2.58. The first kappa shape index (κ1) is 12.2. The van der Waals surface area contributed by atoms with Gasteiger partial charge in [0.1, 0.15) is 0 Å². The molecule has 1 nitrogen and oxygen atoms in total. The first-order chi connectivity index (χ1) is 9.33. The molecule has 1 atom stereocenters. The van der Waals surface area contributed by atoms with Gasteiger partial charge in [-0.15, -0.1) is 0 Å². The van der Waals surface area contributed by atoms with E-state index in [4.69, 9.17) is 0 Å². The summed E-state index contributed by atoms with van der Waals surface area (Å²) in [6.07, 6.45) is 4.51. The summed E-state index contributed by atoms with van der Waals surface area (Å²) in [7, 11) is 0. The van der Waals surface area contributed by atoms with Crippen LogP contribution < -0.4 is 0 Å². The van der Waals surface area contributed by atoms with E-state index in [-0.39, 0.29) is 0 Å². The molecule has 0 bridgehead atoms. The lowest BCUT2D eigenvalue weighted by molar-refractivity contribution is 0.249. The van der Waals surface area contributed by atoms with Gasteiger partial charge >= 0.3 is 0 Å². The third-order valence-corrected chi connectivity index (χ3v) is 3.81. The van der Waals surface area contributed by atoms with Crippen molar-refractivity contribution in [1.82, 2.24) is 4.90 Å². The van der Waals surface area contributed by atoms with Gasteiger partial charge in [-0.25, -0.2) is 0 Å². The lowest BCUT2D eigenvalue weighted by Gasteiger charge is -2.20. The average molecular weight is 249 g/mol. The van der Waals surface area contributed by atoms with E-state index in [0.29, 0.717) is 6.04 Å². The van der Waals surface area contributed by atoms with Crippen molar-refractivity contribution in [3.63, 3.8) is 0 Å². The maximum absolute atomic E-state index is 2.50. The van der Waals surface area contributed by atoms with Crippen LogP contribution in [-0.2, 0) is 13.1 Å². The Labute approximate surface area is 115 Å². The molecule has 0 saturated heterocycles. The van der Waals surface area contributed by atoms with Gasteiger partial charge in [-0.1, -0.05) is 66.7 Å². The molecule has 0 spiro atoms. The Morgan fingerprint density at radius 1 is 0.895 bits per heavy atom. The van der Waals surface area contributed by atoms with Crippen molar-refractivity contribution in [3.8, 4) is 0 Å². The van der Waals surface area contributed by atoms with E-state index < -0.39 is 0 Å². The Morgan fingerprint density at radius 2 is 1.47 bits per heavy atom. The Kier molecular flexibility index (Phi) is 3.47. The summed E-state index contributed by atoms with van der Waals surface area (Å²) in [5.74, 6) is 0. The van der Waals surface area contributed by atoms with Crippen molar-refractivity contribution in [3.05, 3.63) is 77.4 Å². The summed E-state index contributed by atoms with van der Waals surface area (Å²) < 4.78 is 0. The van der Waals surface area contributed by atoms with Crippen LogP contribution >= 0.6 is 0 Å². The Morgan fingerprint density at radius 3 is 2.11 bits per heavy atom. The Balaban J connectivity index is 1.67. The van der Waals surface area contributed by atoms with Crippen LogP contribution in [0.5, 0.6) is 0 Å². The number of benzene rings is 2. The van der Waals surface area contributed by atoms with E-state index in [9.17, 15) is 0 Å². The highest BCUT2D eigenvalue weighted by Gasteiger charge is 2.20. The predicted octanol–water partition coefficient (Wildman–Crippen LogP) is 4.10. The van der Waals surface area contributed by atoms with Crippen LogP contribution in [0, 0.1) is 0 Å². The van der Waals surface area contributed by atoms with Crippen molar-refractivity contribution in [2.45, 2.75) is 26.1 Å². The molecule has 19 heavy (non-hydrogen) atoms. The zero-order chi connectivity index (χ0) is 13.1. The molecule has 0 saturated carbocycles. The second-order valence-electron chi connectivity index (χ2n) is 5.18. The third-order valence-electron chi connectivity index (χ3n) is 3.81. The minimum Gasteiger partial charge on any atom is -0.289 e. The van der Waals surface area contributed by atoms with Crippen LogP contribution in [0.25, 0.3) is 6.08 Å². The highest BCUT2D eigenvalue weighted by molar-refractivity contribution is 5.49. The predicted molar refractivity (Wildman–Crippen MR) is 80.6 cm³/mol. The molecule has 0 aromatic heterocycles. The molecular formula is C18H19N. The van der Waals surface area contributed by atoms with Crippen LogP contribution in [0.4, 0.5) is 0 Å². The highest BCUT2D eigenvalue weighted by Crippen LogP contribution is 2.24. The van der Waals surface area contributed by atoms with Gasteiger partial charge in [-0.05, 0) is 23.6 Å². The van der Waals surface area contributed by atoms with Gasteiger partial charge in [0, 0.05) is 19.1 Å². The molecule has 3 rings (SSSR count). The molecule has 2 aromatic rings. The van der Waals surface area contributed by atoms with E-state index >= 15 is 0 Å². The van der Waals surface area contributed by atoms with Crippen LogP contribution in [0.3, 0.4) is 0 Å². The van der Waals surface area contributed by atoms with E-state index in [0.717, 1.165) is 13.1 Å². The zero-order valence-electron chi connectivity index (χ0n) is 11.3. The largest absolute Gasteiger partial charge is 0.289 e. The lowest BCUT2D eigenvalue weighted by atomic mass is 10.1. The SMILES string of the molecule is CC(C=Cc1ccccc1)N1Cc2ccccc2C1. The number of fused-ring (bicyclic) bond motifs is 1. The minimum absolute atomic E-state index is 0.465. The van der Waals surface area contributed by atoms with Gasteiger partial charge in [-0.3, -0.25) is 4.90 Å². The fraction of sp³-hybridized carbons (Fsp3) is 0.222.